The first-order chi connectivity index (χ1) is 7.13. The fourth-order valence-corrected chi connectivity index (χ4v) is 1.77. The van der Waals surface area contributed by atoms with E-state index in [2.05, 4.69) is 16.9 Å². The highest BCUT2D eigenvalue weighted by Gasteiger charge is 2.07. The normalized spacial score (nSPS) is 11.1. The Morgan fingerprint density at radius 1 is 1.53 bits per heavy atom. The van der Waals surface area contributed by atoms with Crippen LogP contribution in [0.4, 0.5) is 0 Å². The van der Waals surface area contributed by atoms with Gasteiger partial charge >= 0.3 is 5.69 Å². The minimum absolute atomic E-state index is 0.106. The van der Waals surface area contributed by atoms with Crippen LogP contribution in [0.25, 0.3) is 11.2 Å². The van der Waals surface area contributed by atoms with Crippen LogP contribution < -0.4 is 5.69 Å². The van der Waals surface area contributed by atoms with Gasteiger partial charge in [-0.3, -0.25) is 4.57 Å². The number of hydrogen-bond acceptors (Lipinski definition) is 2. The largest absolute Gasteiger partial charge is 0.327 e. The number of nitrogens with zero attached hydrogens (tertiary/aromatic N) is 2. The highest BCUT2D eigenvalue weighted by Crippen LogP contribution is 2.14. The molecular weight excluding hydrogens is 190 g/mol. The molecule has 0 aliphatic rings. The SMILES string of the molecule is CCCc1nc2c(cc1C)[nH]c(=O)n2C. The molecule has 0 radical (unpaired) electrons. The topological polar surface area (TPSA) is 50.7 Å². The van der Waals surface area contributed by atoms with Crippen LogP contribution in [0, 0.1) is 6.92 Å². The fourth-order valence-electron chi connectivity index (χ4n) is 1.77. The molecule has 15 heavy (non-hydrogen) atoms. The van der Waals surface area contributed by atoms with Gasteiger partial charge in [0.25, 0.3) is 0 Å². The number of nitrogens with one attached hydrogen (secondary N) is 1. The lowest BCUT2D eigenvalue weighted by Gasteiger charge is -2.03. The molecule has 2 aromatic rings. The van der Waals surface area contributed by atoms with Crippen LogP contribution in [-0.4, -0.2) is 14.5 Å². The third kappa shape index (κ3) is 1.56. The summed E-state index contributed by atoms with van der Waals surface area (Å²) >= 11 is 0. The van der Waals surface area contributed by atoms with Crippen molar-refractivity contribution >= 4 is 11.2 Å². The number of imidazole rings is 1. The van der Waals surface area contributed by atoms with E-state index in [0.29, 0.717) is 0 Å². The highest BCUT2D eigenvalue weighted by atomic mass is 16.1. The van der Waals surface area contributed by atoms with E-state index in [-0.39, 0.29) is 5.69 Å². The van der Waals surface area contributed by atoms with Crippen molar-refractivity contribution in [1.82, 2.24) is 14.5 Å². The maximum atomic E-state index is 11.4. The van der Waals surface area contributed by atoms with E-state index in [1.54, 1.807) is 11.6 Å². The number of H-pyrrole nitrogens is 1. The molecule has 0 unspecified atom stereocenters. The van der Waals surface area contributed by atoms with Crippen molar-refractivity contribution < 1.29 is 0 Å². The zero-order chi connectivity index (χ0) is 11.0. The lowest BCUT2D eigenvalue weighted by molar-refractivity contribution is 0.848. The van der Waals surface area contributed by atoms with Gasteiger partial charge in [-0.25, -0.2) is 9.78 Å². The van der Waals surface area contributed by atoms with Gasteiger partial charge in [-0.05, 0) is 25.0 Å². The van der Waals surface area contributed by atoms with E-state index in [4.69, 9.17) is 0 Å². The van der Waals surface area contributed by atoms with Gasteiger partial charge in [0.05, 0.1) is 5.52 Å². The fraction of sp³-hybridized carbons (Fsp3) is 0.455. The summed E-state index contributed by atoms with van der Waals surface area (Å²) in [6.07, 6.45) is 2.03. The summed E-state index contributed by atoms with van der Waals surface area (Å²) in [5, 5.41) is 0. The van der Waals surface area contributed by atoms with E-state index in [1.165, 1.54) is 0 Å². The first-order valence-corrected chi connectivity index (χ1v) is 5.18. The average molecular weight is 205 g/mol. The highest BCUT2D eigenvalue weighted by molar-refractivity contribution is 5.71. The van der Waals surface area contributed by atoms with Gasteiger partial charge in [0.1, 0.15) is 0 Å². The molecule has 0 saturated heterocycles. The molecule has 0 aliphatic heterocycles. The number of aromatic amines is 1. The molecule has 2 aromatic heterocycles. The van der Waals surface area contributed by atoms with Crippen LogP contribution in [0.1, 0.15) is 24.6 Å². The second kappa shape index (κ2) is 3.53. The third-order valence-electron chi connectivity index (χ3n) is 2.65. The molecule has 0 amide bonds. The first kappa shape index (κ1) is 9.96. The van der Waals surface area contributed by atoms with E-state index in [1.807, 2.05) is 13.0 Å². The standard InChI is InChI=1S/C11H15N3O/c1-4-5-8-7(2)6-9-10(12-8)14(3)11(15)13-9/h6H,4-5H2,1-3H3,(H,13,15). The molecule has 1 N–H and O–H groups in total. The van der Waals surface area contributed by atoms with Crippen LogP contribution in [0.5, 0.6) is 0 Å². The van der Waals surface area contributed by atoms with Gasteiger partial charge in [0.2, 0.25) is 0 Å². The maximum absolute atomic E-state index is 11.4. The summed E-state index contributed by atoms with van der Waals surface area (Å²) in [4.78, 5) is 18.7. The molecular formula is C11H15N3O. The Bertz CT molecular complexity index is 551. The number of rotatable bonds is 2. The summed E-state index contributed by atoms with van der Waals surface area (Å²) in [6, 6.07) is 1.99. The number of aryl methyl sites for hydroxylation is 3. The minimum atomic E-state index is -0.106. The minimum Gasteiger partial charge on any atom is -0.304 e. The lowest BCUT2D eigenvalue weighted by atomic mass is 10.1. The summed E-state index contributed by atoms with van der Waals surface area (Å²) in [6.45, 7) is 4.16. The zero-order valence-electron chi connectivity index (χ0n) is 9.29. The molecule has 0 spiro atoms. The smallest absolute Gasteiger partial charge is 0.304 e. The molecule has 4 heteroatoms. The number of fused-ring (bicyclic) bond motifs is 1. The molecule has 0 aromatic carbocycles. The monoisotopic (exact) mass is 205 g/mol. The van der Waals surface area contributed by atoms with Gasteiger partial charge in [-0.15, -0.1) is 0 Å². The number of aromatic nitrogens is 3. The molecule has 0 saturated carbocycles. The second-order valence-electron chi connectivity index (χ2n) is 3.86. The Morgan fingerprint density at radius 2 is 2.27 bits per heavy atom. The van der Waals surface area contributed by atoms with Crippen LogP contribution in [-0.2, 0) is 13.5 Å². The molecule has 0 atom stereocenters. The predicted octanol–water partition coefficient (Wildman–Crippen LogP) is 1.52. The van der Waals surface area contributed by atoms with Gasteiger partial charge in [-0.1, -0.05) is 13.3 Å². The summed E-state index contributed by atoms with van der Waals surface area (Å²) in [5.41, 5.74) is 3.69. The van der Waals surface area contributed by atoms with E-state index in [0.717, 1.165) is 35.3 Å². The molecule has 4 nitrogen and oxygen atoms in total. The summed E-state index contributed by atoms with van der Waals surface area (Å²) in [5.74, 6) is 0. The second-order valence-corrected chi connectivity index (χ2v) is 3.86. The van der Waals surface area contributed by atoms with Gasteiger partial charge in [-0.2, -0.15) is 0 Å². The molecule has 0 fully saturated rings. The Kier molecular flexibility index (Phi) is 2.34. The van der Waals surface area contributed by atoms with Crippen molar-refractivity contribution in [2.45, 2.75) is 26.7 Å². The Morgan fingerprint density at radius 3 is 2.93 bits per heavy atom. The van der Waals surface area contributed by atoms with Crippen LogP contribution in [0.15, 0.2) is 10.9 Å². The summed E-state index contributed by atoms with van der Waals surface area (Å²) < 4.78 is 1.55. The van der Waals surface area contributed by atoms with Gasteiger partial charge in [0.15, 0.2) is 5.65 Å². The van der Waals surface area contributed by atoms with E-state index >= 15 is 0 Å². The Labute approximate surface area is 88.0 Å². The van der Waals surface area contributed by atoms with Crippen LogP contribution in [0.3, 0.4) is 0 Å². The maximum Gasteiger partial charge on any atom is 0.327 e. The van der Waals surface area contributed by atoms with E-state index in [9.17, 15) is 4.79 Å². The van der Waals surface area contributed by atoms with Crippen molar-refractivity contribution in [2.75, 3.05) is 0 Å². The Balaban J connectivity index is 2.71. The average Bonchev–Trinajstić information content (AvgIpc) is 2.45. The Hall–Kier alpha value is -1.58. The molecule has 0 bridgehead atoms. The molecule has 2 heterocycles. The lowest BCUT2D eigenvalue weighted by Crippen LogP contribution is -2.12. The number of pyridine rings is 1. The first-order valence-electron chi connectivity index (χ1n) is 5.18. The molecule has 2 rings (SSSR count). The third-order valence-corrected chi connectivity index (χ3v) is 2.65. The molecule has 80 valence electrons. The summed E-state index contributed by atoms with van der Waals surface area (Å²) in [7, 11) is 1.74. The van der Waals surface area contributed by atoms with Crippen molar-refractivity contribution in [2.24, 2.45) is 7.05 Å². The van der Waals surface area contributed by atoms with Gasteiger partial charge < -0.3 is 4.98 Å². The van der Waals surface area contributed by atoms with Crippen molar-refractivity contribution in [3.05, 3.63) is 27.8 Å². The van der Waals surface area contributed by atoms with Crippen molar-refractivity contribution in [1.29, 1.82) is 0 Å². The predicted molar refractivity (Wildman–Crippen MR) is 60.1 cm³/mol. The zero-order valence-corrected chi connectivity index (χ0v) is 9.29. The van der Waals surface area contributed by atoms with E-state index < -0.39 is 0 Å². The molecule has 0 aliphatic carbocycles. The van der Waals surface area contributed by atoms with Crippen LogP contribution >= 0.6 is 0 Å². The van der Waals surface area contributed by atoms with Crippen LogP contribution in [0.2, 0.25) is 0 Å². The van der Waals surface area contributed by atoms with Gasteiger partial charge in [0, 0.05) is 12.7 Å². The van der Waals surface area contributed by atoms with Crippen molar-refractivity contribution in [3.8, 4) is 0 Å². The van der Waals surface area contributed by atoms with Crippen molar-refractivity contribution in [3.63, 3.8) is 0 Å². The quantitative estimate of drug-likeness (QED) is 0.808. The number of hydrogen-bond donors (Lipinski definition) is 1.